The van der Waals surface area contributed by atoms with Crippen molar-refractivity contribution in [1.29, 1.82) is 0 Å². The normalized spacial score (nSPS) is 15.0. The zero-order valence-electron chi connectivity index (χ0n) is 14.5. The van der Waals surface area contributed by atoms with Crippen molar-refractivity contribution in [1.82, 2.24) is 10.2 Å². The minimum atomic E-state index is -0.930. The molecule has 3 rings (SSSR count). The van der Waals surface area contributed by atoms with Gasteiger partial charge in [-0.25, -0.2) is 0 Å². The SMILES string of the molecule is O=C(O)CCNC(=O)C1CCN(C(=O)c2cccc3ccccc23)CC1. The third-order valence-electron chi connectivity index (χ3n) is 4.81. The van der Waals surface area contributed by atoms with Crippen LogP contribution in [-0.4, -0.2) is 47.4 Å². The molecule has 0 aliphatic carbocycles. The van der Waals surface area contributed by atoms with Crippen molar-refractivity contribution >= 4 is 28.6 Å². The lowest BCUT2D eigenvalue weighted by molar-refractivity contribution is -0.137. The summed E-state index contributed by atoms with van der Waals surface area (Å²) in [5.74, 6) is -1.23. The van der Waals surface area contributed by atoms with E-state index >= 15 is 0 Å². The molecule has 1 fully saturated rings. The van der Waals surface area contributed by atoms with E-state index in [2.05, 4.69) is 5.32 Å². The maximum atomic E-state index is 12.9. The first-order valence-corrected chi connectivity index (χ1v) is 8.83. The smallest absolute Gasteiger partial charge is 0.305 e. The van der Waals surface area contributed by atoms with Crippen LogP contribution in [0.1, 0.15) is 29.6 Å². The van der Waals surface area contributed by atoms with E-state index in [-0.39, 0.29) is 30.7 Å². The molecule has 0 radical (unpaired) electrons. The first kappa shape index (κ1) is 17.9. The molecule has 0 aromatic heterocycles. The summed E-state index contributed by atoms with van der Waals surface area (Å²) in [4.78, 5) is 37.3. The maximum Gasteiger partial charge on any atom is 0.305 e. The number of hydrogen-bond acceptors (Lipinski definition) is 3. The Morgan fingerprint density at radius 2 is 1.73 bits per heavy atom. The number of aliphatic carboxylic acids is 1. The standard InChI is InChI=1S/C20H22N2O4/c23-18(24)8-11-21-19(25)15-9-12-22(13-10-15)20(26)17-7-3-5-14-4-1-2-6-16(14)17/h1-7,15H,8-13H2,(H,21,25)(H,23,24). The monoisotopic (exact) mass is 354 g/mol. The van der Waals surface area contributed by atoms with E-state index in [9.17, 15) is 14.4 Å². The number of nitrogens with one attached hydrogen (secondary N) is 1. The first-order chi connectivity index (χ1) is 12.6. The van der Waals surface area contributed by atoms with Crippen molar-refractivity contribution in [2.45, 2.75) is 19.3 Å². The molecule has 1 saturated heterocycles. The second-order valence-electron chi connectivity index (χ2n) is 6.53. The number of carboxylic acid groups (broad SMARTS) is 1. The molecular formula is C20H22N2O4. The van der Waals surface area contributed by atoms with E-state index in [0.717, 1.165) is 10.8 Å². The highest BCUT2D eigenvalue weighted by atomic mass is 16.4. The lowest BCUT2D eigenvalue weighted by Crippen LogP contribution is -2.43. The molecule has 2 aromatic carbocycles. The summed E-state index contributed by atoms with van der Waals surface area (Å²) >= 11 is 0. The number of hydrogen-bond donors (Lipinski definition) is 2. The molecule has 0 atom stereocenters. The number of fused-ring (bicyclic) bond motifs is 1. The van der Waals surface area contributed by atoms with Gasteiger partial charge < -0.3 is 15.3 Å². The zero-order chi connectivity index (χ0) is 18.5. The molecule has 0 spiro atoms. The van der Waals surface area contributed by atoms with E-state index in [1.54, 1.807) is 4.90 Å². The molecule has 136 valence electrons. The molecule has 2 N–H and O–H groups in total. The number of benzene rings is 2. The Labute approximate surface area is 151 Å². The number of nitrogens with zero attached hydrogens (tertiary/aromatic N) is 1. The predicted octanol–water partition coefficient (Wildman–Crippen LogP) is 2.28. The summed E-state index contributed by atoms with van der Waals surface area (Å²) in [5, 5.41) is 13.3. The number of piperidine rings is 1. The van der Waals surface area contributed by atoms with E-state index < -0.39 is 5.97 Å². The quantitative estimate of drug-likeness (QED) is 0.862. The number of carbonyl (C=O) groups excluding carboxylic acids is 2. The molecule has 6 nitrogen and oxygen atoms in total. The van der Waals surface area contributed by atoms with E-state index in [1.807, 2.05) is 42.5 Å². The fourth-order valence-electron chi connectivity index (χ4n) is 3.36. The van der Waals surface area contributed by atoms with Gasteiger partial charge in [0, 0.05) is 31.1 Å². The Bertz CT molecular complexity index is 820. The zero-order valence-corrected chi connectivity index (χ0v) is 14.5. The second-order valence-corrected chi connectivity index (χ2v) is 6.53. The highest BCUT2D eigenvalue weighted by Crippen LogP contribution is 2.23. The Morgan fingerprint density at radius 3 is 2.46 bits per heavy atom. The van der Waals surface area contributed by atoms with Crippen LogP contribution in [0.5, 0.6) is 0 Å². The van der Waals surface area contributed by atoms with Crippen molar-refractivity contribution in [3.63, 3.8) is 0 Å². The first-order valence-electron chi connectivity index (χ1n) is 8.83. The van der Waals surface area contributed by atoms with Gasteiger partial charge in [0.1, 0.15) is 0 Å². The van der Waals surface area contributed by atoms with Gasteiger partial charge >= 0.3 is 5.97 Å². The lowest BCUT2D eigenvalue weighted by atomic mass is 9.95. The molecule has 1 aliphatic heterocycles. The number of carboxylic acids is 1. The molecule has 2 aromatic rings. The van der Waals surface area contributed by atoms with Gasteiger partial charge in [0.2, 0.25) is 5.91 Å². The maximum absolute atomic E-state index is 12.9. The van der Waals surface area contributed by atoms with Gasteiger partial charge in [-0.1, -0.05) is 36.4 Å². The van der Waals surface area contributed by atoms with Gasteiger partial charge in [0.05, 0.1) is 6.42 Å². The molecular weight excluding hydrogens is 332 g/mol. The van der Waals surface area contributed by atoms with Crippen LogP contribution in [0.25, 0.3) is 10.8 Å². The Hall–Kier alpha value is -2.89. The third kappa shape index (κ3) is 4.02. The van der Waals surface area contributed by atoms with Crippen LogP contribution in [0.4, 0.5) is 0 Å². The average molecular weight is 354 g/mol. The minimum Gasteiger partial charge on any atom is -0.481 e. The molecule has 0 saturated carbocycles. The summed E-state index contributed by atoms with van der Waals surface area (Å²) in [7, 11) is 0. The van der Waals surface area contributed by atoms with Crippen molar-refractivity contribution < 1.29 is 19.5 Å². The van der Waals surface area contributed by atoms with Gasteiger partial charge in [-0.05, 0) is 29.7 Å². The second kappa shape index (κ2) is 7.99. The summed E-state index contributed by atoms with van der Waals surface area (Å²) in [6.45, 7) is 1.20. The van der Waals surface area contributed by atoms with Gasteiger partial charge in [0.25, 0.3) is 5.91 Å². The van der Waals surface area contributed by atoms with Crippen molar-refractivity contribution in [3.8, 4) is 0 Å². The Morgan fingerprint density at radius 1 is 1.04 bits per heavy atom. The van der Waals surface area contributed by atoms with Crippen LogP contribution >= 0.6 is 0 Å². The van der Waals surface area contributed by atoms with Gasteiger partial charge in [-0.15, -0.1) is 0 Å². The molecule has 0 bridgehead atoms. The number of rotatable bonds is 5. The van der Waals surface area contributed by atoms with E-state index in [4.69, 9.17) is 5.11 Å². The fraction of sp³-hybridized carbons (Fsp3) is 0.350. The molecule has 0 unspecified atom stereocenters. The summed E-state index contributed by atoms with van der Waals surface area (Å²) in [5.41, 5.74) is 0.687. The lowest BCUT2D eigenvalue weighted by Gasteiger charge is -2.31. The number of carbonyl (C=O) groups is 3. The summed E-state index contributed by atoms with van der Waals surface area (Å²) < 4.78 is 0. The molecule has 2 amide bonds. The van der Waals surface area contributed by atoms with E-state index in [0.29, 0.717) is 31.5 Å². The van der Waals surface area contributed by atoms with Crippen LogP contribution in [0.3, 0.4) is 0 Å². The summed E-state index contributed by atoms with van der Waals surface area (Å²) in [6, 6.07) is 13.5. The van der Waals surface area contributed by atoms with Crippen molar-refractivity contribution in [2.24, 2.45) is 5.92 Å². The van der Waals surface area contributed by atoms with Crippen LogP contribution in [0.15, 0.2) is 42.5 Å². The molecule has 1 aliphatic rings. The van der Waals surface area contributed by atoms with Gasteiger partial charge in [0.15, 0.2) is 0 Å². The molecule has 26 heavy (non-hydrogen) atoms. The minimum absolute atomic E-state index is 0.00784. The number of amides is 2. The largest absolute Gasteiger partial charge is 0.481 e. The van der Waals surface area contributed by atoms with Crippen LogP contribution < -0.4 is 5.32 Å². The summed E-state index contributed by atoms with van der Waals surface area (Å²) in [6.07, 6.45) is 1.11. The Balaban J connectivity index is 1.60. The Kier molecular flexibility index (Phi) is 5.51. The molecule has 1 heterocycles. The third-order valence-corrected chi connectivity index (χ3v) is 4.81. The van der Waals surface area contributed by atoms with Crippen LogP contribution in [0, 0.1) is 5.92 Å². The average Bonchev–Trinajstić information content (AvgIpc) is 2.66. The van der Waals surface area contributed by atoms with Gasteiger partial charge in [-0.3, -0.25) is 14.4 Å². The predicted molar refractivity (Wildman–Crippen MR) is 97.8 cm³/mol. The highest BCUT2D eigenvalue weighted by molar-refractivity contribution is 6.07. The highest BCUT2D eigenvalue weighted by Gasteiger charge is 2.28. The van der Waals surface area contributed by atoms with Crippen LogP contribution in [0.2, 0.25) is 0 Å². The topological polar surface area (TPSA) is 86.7 Å². The molecule has 6 heteroatoms. The van der Waals surface area contributed by atoms with Gasteiger partial charge in [-0.2, -0.15) is 0 Å². The van der Waals surface area contributed by atoms with E-state index in [1.165, 1.54) is 0 Å². The fourth-order valence-corrected chi connectivity index (χ4v) is 3.36. The van der Waals surface area contributed by atoms with Crippen LogP contribution in [-0.2, 0) is 9.59 Å². The van der Waals surface area contributed by atoms with Crippen molar-refractivity contribution in [2.75, 3.05) is 19.6 Å². The number of likely N-dealkylation sites (tertiary alicyclic amines) is 1. The van der Waals surface area contributed by atoms with Crippen molar-refractivity contribution in [3.05, 3.63) is 48.0 Å².